The third-order valence-electron chi connectivity index (χ3n) is 7.49. The number of nitrogens with zero attached hydrogens (tertiary/aromatic N) is 5. The van der Waals surface area contributed by atoms with Crippen LogP contribution in [0.5, 0.6) is 0 Å². The predicted octanol–water partition coefficient (Wildman–Crippen LogP) is 6.95. The first-order chi connectivity index (χ1) is 18.9. The van der Waals surface area contributed by atoms with Gasteiger partial charge in [-0.05, 0) is 57.1 Å². The van der Waals surface area contributed by atoms with E-state index in [4.69, 9.17) is 32.7 Å². The molecule has 0 aliphatic carbocycles. The van der Waals surface area contributed by atoms with Crippen molar-refractivity contribution < 1.29 is 4.52 Å². The molecular weight excluding hydrogens is 553 g/mol. The minimum Gasteiger partial charge on any atom is -0.354 e. The molecule has 0 N–H and O–H groups in total. The molecule has 0 saturated carbocycles. The van der Waals surface area contributed by atoms with Crippen LogP contribution >= 0.6 is 34.5 Å². The van der Waals surface area contributed by atoms with Gasteiger partial charge in [0.05, 0.1) is 26.3 Å². The second-order valence-electron chi connectivity index (χ2n) is 9.87. The second-order valence-corrected chi connectivity index (χ2v) is 11.6. The molecule has 1 fully saturated rings. The summed E-state index contributed by atoms with van der Waals surface area (Å²) in [6.07, 6.45) is 1.99. The van der Waals surface area contributed by atoms with E-state index in [0.717, 1.165) is 59.1 Å². The van der Waals surface area contributed by atoms with E-state index in [1.165, 1.54) is 0 Å². The molecule has 2 aromatic carbocycles. The largest absolute Gasteiger partial charge is 0.354 e. The Bertz CT molecular complexity index is 1680. The number of halogens is 2. The van der Waals surface area contributed by atoms with E-state index in [9.17, 15) is 4.79 Å². The van der Waals surface area contributed by atoms with Gasteiger partial charge in [0.25, 0.3) is 5.56 Å². The van der Waals surface area contributed by atoms with Crippen LogP contribution in [0.25, 0.3) is 28.4 Å². The van der Waals surface area contributed by atoms with E-state index < -0.39 is 0 Å². The molecule has 0 radical (unpaired) electrons. The number of para-hydroxylation sites is 1. The van der Waals surface area contributed by atoms with Gasteiger partial charge in [-0.15, -0.1) is 11.3 Å². The van der Waals surface area contributed by atoms with Crippen molar-refractivity contribution in [2.24, 2.45) is 7.05 Å². The number of benzene rings is 2. The first-order valence-electron chi connectivity index (χ1n) is 12.8. The molecule has 7 nitrogen and oxygen atoms in total. The van der Waals surface area contributed by atoms with Crippen molar-refractivity contribution in [3.63, 3.8) is 0 Å². The molecule has 0 spiro atoms. The monoisotopic (exact) mass is 579 g/mol. The lowest BCUT2D eigenvalue weighted by Crippen LogP contribution is -2.34. The van der Waals surface area contributed by atoms with Crippen LogP contribution in [0.2, 0.25) is 10.0 Å². The molecule has 5 aromatic rings. The molecule has 0 amide bonds. The Balaban J connectivity index is 1.12. The van der Waals surface area contributed by atoms with Crippen LogP contribution in [-0.4, -0.2) is 37.5 Å². The number of piperidine rings is 1. The van der Waals surface area contributed by atoms with E-state index in [2.05, 4.69) is 10.1 Å². The Hall–Kier alpha value is -3.17. The van der Waals surface area contributed by atoms with E-state index >= 15 is 0 Å². The van der Waals surface area contributed by atoms with Gasteiger partial charge < -0.3 is 4.52 Å². The highest BCUT2D eigenvalue weighted by Gasteiger charge is 2.26. The lowest BCUT2D eigenvalue weighted by molar-refractivity contribution is 0.203. The Kier molecular flexibility index (Phi) is 7.20. The average molecular weight is 581 g/mol. The van der Waals surface area contributed by atoms with Gasteiger partial charge in [0.15, 0.2) is 5.76 Å². The number of hydrogen-bond acceptors (Lipinski definition) is 6. The number of thiazole rings is 1. The smallest absolute Gasteiger partial charge is 0.276 e. The highest BCUT2D eigenvalue weighted by Crippen LogP contribution is 2.35. The normalized spacial score (nSPS) is 14.8. The summed E-state index contributed by atoms with van der Waals surface area (Å²) >= 11 is 13.9. The van der Waals surface area contributed by atoms with Gasteiger partial charge in [-0.25, -0.2) is 9.67 Å². The highest BCUT2D eigenvalue weighted by atomic mass is 35.5. The number of likely N-dealkylation sites (tertiary alicyclic amines) is 1. The van der Waals surface area contributed by atoms with E-state index in [1.807, 2.05) is 66.5 Å². The standard InChI is InChI=1S/C29H27Cl2N5O2S/c1-18-22(29(37)36(34(18)2)21-6-4-3-5-7-21)16-35-12-10-19(11-13-35)28-32-26(17-39-28)27-15-25(33-38-27)20-8-9-23(30)24(31)14-20/h3-9,14-15,17,19H,10-13,16H2,1-2H3. The summed E-state index contributed by atoms with van der Waals surface area (Å²) in [7, 11) is 1.95. The summed E-state index contributed by atoms with van der Waals surface area (Å²) in [5.74, 6) is 1.01. The zero-order valence-corrected chi connectivity index (χ0v) is 23.9. The molecular formula is C29H27Cl2N5O2S. The molecule has 10 heteroatoms. The van der Waals surface area contributed by atoms with Crippen molar-refractivity contribution in [2.75, 3.05) is 13.1 Å². The maximum absolute atomic E-state index is 13.3. The Morgan fingerprint density at radius 1 is 1.03 bits per heavy atom. The SMILES string of the molecule is Cc1c(CN2CCC(c3nc(-c4cc(-c5ccc(Cl)c(Cl)c5)no4)cs3)CC2)c(=O)n(-c2ccccc2)n1C. The highest BCUT2D eigenvalue weighted by molar-refractivity contribution is 7.10. The van der Waals surface area contributed by atoms with Crippen molar-refractivity contribution in [1.82, 2.24) is 24.4 Å². The molecule has 0 bridgehead atoms. The second kappa shape index (κ2) is 10.8. The van der Waals surface area contributed by atoms with Crippen molar-refractivity contribution >= 4 is 34.5 Å². The minimum absolute atomic E-state index is 0.0557. The molecule has 39 heavy (non-hydrogen) atoms. The summed E-state index contributed by atoms with van der Waals surface area (Å²) in [5, 5.41) is 8.32. The van der Waals surface area contributed by atoms with Crippen molar-refractivity contribution in [2.45, 2.75) is 32.2 Å². The average Bonchev–Trinajstić information content (AvgIpc) is 3.68. The maximum atomic E-state index is 13.3. The van der Waals surface area contributed by atoms with Crippen LogP contribution in [0.1, 0.15) is 35.0 Å². The first kappa shape index (κ1) is 26.1. The Morgan fingerprint density at radius 2 is 1.79 bits per heavy atom. The summed E-state index contributed by atoms with van der Waals surface area (Å²) < 4.78 is 9.31. The van der Waals surface area contributed by atoms with Gasteiger partial charge in [0, 0.05) is 42.2 Å². The molecule has 0 unspecified atom stereocenters. The van der Waals surface area contributed by atoms with Crippen molar-refractivity contribution in [1.29, 1.82) is 0 Å². The van der Waals surface area contributed by atoms with Crippen LogP contribution in [0, 0.1) is 6.92 Å². The molecule has 0 atom stereocenters. The fourth-order valence-corrected chi connectivity index (χ4v) is 6.42. The van der Waals surface area contributed by atoms with Crippen LogP contribution in [0.15, 0.2) is 69.3 Å². The number of rotatable bonds is 6. The minimum atomic E-state index is 0.0557. The van der Waals surface area contributed by atoms with Gasteiger partial charge in [0.2, 0.25) is 0 Å². The van der Waals surface area contributed by atoms with Gasteiger partial charge in [-0.2, -0.15) is 0 Å². The number of hydrogen-bond donors (Lipinski definition) is 0. The summed E-state index contributed by atoms with van der Waals surface area (Å²) in [6.45, 7) is 4.52. The predicted molar refractivity (Wildman–Crippen MR) is 156 cm³/mol. The zero-order valence-electron chi connectivity index (χ0n) is 21.6. The fourth-order valence-electron chi connectivity index (χ4n) is 5.14. The van der Waals surface area contributed by atoms with Gasteiger partial charge >= 0.3 is 0 Å². The van der Waals surface area contributed by atoms with Crippen molar-refractivity contribution in [3.05, 3.63) is 96.6 Å². The van der Waals surface area contributed by atoms with Crippen LogP contribution in [0.3, 0.4) is 0 Å². The Morgan fingerprint density at radius 3 is 2.54 bits per heavy atom. The lowest BCUT2D eigenvalue weighted by Gasteiger charge is -2.30. The van der Waals surface area contributed by atoms with Gasteiger partial charge in [0.1, 0.15) is 11.4 Å². The lowest BCUT2D eigenvalue weighted by atomic mass is 9.97. The molecule has 3 aromatic heterocycles. The summed E-state index contributed by atoms with van der Waals surface area (Å²) in [4.78, 5) is 20.6. The molecule has 1 aliphatic heterocycles. The summed E-state index contributed by atoms with van der Waals surface area (Å²) in [5.41, 5.74) is 5.12. The Labute approximate surface area is 240 Å². The third kappa shape index (κ3) is 5.10. The first-order valence-corrected chi connectivity index (χ1v) is 14.5. The van der Waals surface area contributed by atoms with E-state index in [0.29, 0.717) is 34.0 Å². The van der Waals surface area contributed by atoms with E-state index in [1.54, 1.807) is 28.2 Å². The van der Waals surface area contributed by atoms with Gasteiger partial charge in [-0.3, -0.25) is 14.4 Å². The molecule has 6 rings (SSSR count). The third-order valence-corrected chi connectivity index (χ3v) is 9.24. The topological polar surface area (TPSA) is 69.1 Å². The number of aromatic nitrogens is 4. The molecule has 200 valence electrons. The fraction of sp³-hybridized carbons (Fsp3) is 0.276. The van der Waals surface area contributed by atoms with Gasteiger partial charge in [-0.1, -0.05) is 52.6 Å². The van der Waals surface area contributed by atoms with Crippen molar-refractivity contribution in [3.8, 4) is 28.4 Å². The molecule has 1 saturated heterocycles. The maximum Gasteiger partial charge on any atom is 0.276 e. The van der Waals surface area contributed by atoms with Crippen LogP contribution in [0.4, 0.5) is 0 Å². The molecule has 4 heterocycles. The quantitative estimate of drug-likeness (QED) is 0.218. The summed E-state index contributed by atoms with van der Waals surface area (Å²) in [6, 6.07) is 17.1. The molecule has 1 aliphatic rings. The van der Waals surface area contributed by atoms with Crippen LogP contribution < -0.4 is 5.56 Å². The van der Waals surface area contributed by atoms with E-state index in [-0.39, 0.29) is 5.56 Å². The zero-order chi connectivity index (χ0) is 27.1. The van der Waals surface area contributed by atoms with Crippen LogP contribution in [-0.2, 0) is 13.6 Å².